The molecule has 1 aliphatic rings. The molecule has 204 valence electrons. The summed E-state index contributed by atoms with van der Waals surface area (Å²) >= 11 is 0. The largest absolute Gasteiger partial charge is 0.466 e. The minimum atomic E-state index is -4.64. The molecule has 22 nitrogen and oxygen atoms in total. The average molecular weight is 577 g/mol. The van der Waals surface area contributed by atoms with Crippen molar-refractivity contribution in [2.24, 2.45) is 5.11 Å². The molecule has 0 spiro atoms. The van der Waals surface area contributed by atoms with Crippen molar-refractivity contribution < 1.29 is 72.7 Å². The Balaban J connectivity index is 0. The number of aliphatic hydroxyl groups excluding tert-OH is 1. The van der Waals surface area contributed by atoms with Crippen LogP contribution in [0.25, 0.3) is 10.4 Å². The summed E-state index contributed by atoms with van der Waals surface area (Å²) in [5.41, 5.74) is 5.55. The summed E-state index contributed by atoms with van der Waals surface area (Å²) in [6, 6.07) is 0. The predicted octanol–water partition coefficient (Wildman–Crippen LogP) is -3.66. The van der Waals surface area contributed by atoms with Crippen LogP contribution in [0.1, 0.15) is 18.2 Å². The molecule has 0 unspecified atom stereocenters. The second kappa shape index (κ2) is 14.1. The summed E-state index contributed by atoms with van der Waals surface area (Å²) in [5, 5.41) is 22.5. The molecule has 0 saturated carbocycles. The quantitative estimate of drug-likeness (QED) is 0.0712. The van der Waals surface area contributed by atoms with Gasteiger partial charge in [0.15, 0.2) is 5.72 Å². The van der Waals surface area contributed by atoms with Gasteiger partial charge in [-0.1, -0.05) is 5.11 Å². The Hall–Kier alpha value is -1.80. The molecule has 35 heavy (non-hydrogen) atoms. The Morgan fingerprint density at radius 3 is 1.83 bits per heavy atom. The van der Waals surface area contributed by atoms with Crippen molar-refractivity contribution >= 4 is 23.5 Å². The number of hydrogen-bond donors (Lipinski definition) is 12. The maximum atomic E-state index is 11.7. The molecule has 0 aromatic carbocycles. The number of ether oxygens (including phenoxy) is 1. The minimum Gasteiger partial charge on any atom is -0.394 e. The third kappa shape index (κ3) is 19.1. The van der Waals surface area contributed by atoms with Crippen molar-refractivity contribution in [3.63, 3.8) is 0 Å². The van der Waals surface area contributed by atoms with E-state index in [-0.39, 0.29) is 12.0 Å². The molecule has 0 amide bonds. The first-order valence-corrected chi connectivity index (χ1v) is 12.8. The van der Waals surface area contributed by atoms with Gasteiger partial charge in [0.05, 0.1) is 6.61 Å². The molecule has 1 aliphatic heterocycles. The molecule has 12 N–H and O–H groups in total. The number of aromatic amines is 1. The number of hydrogen-bond acceptors (Lipinski definition) is 9. The van der Waals surface area contributed by atoms with E-state index in [1.807, 2.05) is 0 Å². The molecule has 0 bridgehead atoms. The summed E-state index contributed by atoms with van der Waals surface area (Å²) in [7, 11) is -13.9. The van der Waals surface area contributed by atoms with Gasteiger partial charge in [-0.2, -0.15) is 0 Å². The summed E-state index contributed by atoms with van der Waals surface area (Å²) in [4.78, 5) is 92.3. The summed E-state index contributed by atoms with van der Waals surface area (Å²) in [6.45, 7) is 0.927. The lowest BCUT2D eigenvalue weighted by molar-refractivity contribution is -0.0797. The lowest BCUT2D eigenvalue weighted by Gasteiger charge is -2.19. The Kier molecular flexibility index (Phi) is 14.2. The van der Waals surface area contributed by atoms with E-state index in [1.165, 1.54) is 13.1 Å². The van der Waals surface area contributed by atoms with Crippen molar-refractivity contribution in [2.75, 3.05) is 6.61 Å². The number of rotatable bonds is 3. The number of azide groups is 1. The molecule has 0 aliphatic carbocycles. The van der Waals surface area contributed by atoms with Crippen LogP contribution >= 0.6 is 23.5 Å². The number of aliphatic hydroxyl groups is 2. The monoisotopic (exact) mass is 577 g/mol. The van der Waals surface area contributed by atoms with Gasteiger partial charge in [0.1, 0.15) is 12.3 Å². The SMILES string of the molecule is Cc1cn([C@H]2C[C@@](O)(N=[N+]=[N-])[C@@H](CO)O2)c(=O)[nH]c1=O.O=P(O)(O)O.O=P(O)(O)O.O=P(O)(O)O. The maximum absolute atomic E-state index is 11.7. The van der Waals surface area contributed by atoms with Crippen LogP contribution in [-0.4, -0.2) is 82.2 Å². The topological polar surface area (TPSA) is 387 Å². The van der Waals surface area contributed by atoms with Crippen LogP contribution in [0.4, 0.5) is 0 Å². The second-order valence-corrected chi connectivity index (χ2v) is 9.13. The molecule has 1 fully saturated rings. The zero-order chi connectivity index (χ0) is 28.4. The highest BCUT2D eigenvalue weighted by molar-refractivity contribution is 7.45. The van der Waals surface area contributed by atoms with Crippen LogP contribution < -0.4 is 11.2 Å². The van der Waals surface area contributed by atoms with E-state index in [2.05, 4.69) is 15.0 Å². The van der Waals surface area contributed by atoms with E-state index in [0.717, 1.165) is 4.57 Å². The molecule has 2 heterocycles. The Morgan fingerprint density at radius 2 is 1.49 bits per heavy atom. The molecule has 25 heteroatoms. The van der Waals surface area contributed by atoms with E-state index in [9.17, 15) is 14.7 Å². The minimum absolute atomic E-state index is 0.215. The van der Waals surface area contributed by atoms with Gasteiger partial charge < -0.3 is 59.0 Å². The van der Waals surface area contributed by atoms with Gasteiger partial charge in [-0.05, 0) is 12.5 Å². The van der Waals surface area contributed by atoms with Gasteiger partial charge in [-0.3, -0.25) is 14.3 Å². The summed E-state index contributed by atoms with van der Waals surface area (Å²) < 4.78 is 33.0. The molecular weight excluding hydrogens is 555 g/mol. The molecule has 1 aromatic heterocycles. The first-order valence-electron chi connectivity index (χ1n) is 8.13. The maximum Gasteiger partial charge on any atom is 0.466 e. The molecule has 1 saturated heterocycles. The van der Waals surface area contributed by atoms with Crippen molar-refractivity contribution in [3.05, 3.63) is 43.0 Å². The van der Waals surface area contributed by atoms with Gasteiger partial charge >= 0.3 is 29.2 Å². The second-order valence-electron chi connectivity index (χ2n) is 6.05. The molecule has 3 atom stereocenters. The van der Waals surface area contributed by atoms with E-state index < -0.39 is 59.4 Å². The third-order valence-electron chi connectivity index (χ3n) is 3.15. The van der Waals surface area contributed by atoms with Crippen molar-refractivity contribution in [1.82, 2.24) is 9.55 Å². The fourth-order valence-electron chi connectivity index (χ4n) is 2.07. The van der Waals surface area contributed by atoms with Crippen molar-refractivity contribution in [2.45, 2.75) is 31.4 Å². The fourth-order valence-corrected chi connectivity index (χ4v) is 2.07. The van der Waals surface area contributed by atoms with E-state index in [0.29, 0.717) is 0 Å². The molecule has 1 aromatic rings. The zero-order valence-electron chi connectivity index (χ0n) is 17.1. The predicted molar refractivity (Wildman–Crippen MR) is 109 cm³/mol. The van der Waals surface area contributed by atoms with Crippen molar-refractivity contribution in [1.29, 1.82) is 0 Å². The summed E-state index contributed by atoms with van der Waals surface area (Å²) in [6.07, 6.45) is -1.04. The lowest BCUT2D eigenvalue weighted by atomic mass is 10.1. The molecule has 0 radical (unpaired) electrons. The van der Waals surface area contributed by atoms with Gasteiger partial charge in [0, 0.05) is 23.1 Å². The first kappa shape index (κ1) is 35.4. The molecular formula is C10H22N5O17P3. The van der Waals surface area contributed by atoms with Gasteiger partial charge in [-0.25, -0.2) is 18.5 Å². The third-order valence-corrected chi connectivity index (χ3v) is 3.15. The highest BCUT2D eigenvalue weighted by Crippen LogP contribution is 2.37. The Morgan fingerprint density at radius 1 is 1.09 bits per heavy atom. The number of phosphoric acid groups is 3. The number of nitrogens with one attached hydrogen (secondary N) is 1. The fraction of sp³-hybridized carbons (Fsp3) is 0.600. The van der Waals surface area contributed by atoms with Crippen LogP contribution in [0.5, 0.6) is 0 Å². The van der Waals surface area contributed by atoms with E-state index in [4.69, 9.17) is 73.1 Å². The van der Waals surface area contributed by atoms with Crippen LogP contribution in [0.15, 0.2) is 20.9 Å². The van der Waals surface area contributed by atoms with Gasteiger partial charge in [0.2, 0.25) is 0 Å². The Bertz CT molecular complexity index is 1060. The number of aromatic nitrogens is 2. The zero-order valence-corrected chi connectivity index (χ0v) is 19.8. The van der Waals surface area contributed by atoms with Gasteiger partial charge in [-0.15, -0.1) is 0 Å². The lowest BCUT2D eigenvalue weighted by Crippen LogP contribution is -2.38. The van der Waals surface area contributed by atoms with Crippen LogP contribution in [0.2, 0.25) is 0 Å². The number of nitrogens with zero attached hydrogens (tertiary/aromatic N) is 4. The smallest absolute Gasteiger partial charge is 0.394 e. The first-order chi connectivity index (χ1) is 15.4. The van der Waals surface area contributed by atoms with E-state index >= 15 is 0 Å². The highest BCUT2D eigenvalue weighted by Gasteiger charge is 2.47. The van der Waals surface area contributed by atoms with Crippen LogP contribution in [-0.2, 0) is 18.4 Å². The van der Waals surface area contributed by atoms with E-state index in [1.54, 1.807) is 0 Å². The highest BCUT2D eigenvalue weighted by atomic mass is 31.2. The average Bonchev–Trinajstić information content (AvgIpc) is 2.90. The molecule has 2 rings (SSSR count). The normalized spacial score (nSPS) is 21.7. The van der Waals surface area contributed by atoms with Gasteiger partial charge in [0.25, 0.3) is 5.56 Å². The number of H-pyrrole nitrogens is 1. The van der Waals surface area contributed by atoms with Crippen molar-refractivity contribution in [3.8, 4) is 0 Å². The standard InChI is InChI=1S/C10H13N5O5.3H3O4P/c1-5-3-15(9(18)12-8(5)17)7-2-10(19,13-14-11)6(4-16)20-7;3*1-5(2,3)4/h3,6-7,16,19H,2,4H2,1H3,(H,12,17,18);3*(H3,1,2,3,4)/t6-,7-,10+;;;/m1.../s1. The number of aryl methyl sites for hydroxylation is 1. The Labute approximate surface area is 192 Å². The summed E-state index contributed by atoms with van der Waals surface area (Å²) in [5.74, 6) is 0. The van der Waals surface area contributed by atoms with Crippen LogP contribution in [0, 0.1) is 6.92 Å². The van der Waals surface area contributed by atoms with Crippen LogP contribution in [0.3, 0.4) is 0 Å².